The molecule has 1 aromatic heterocycles. The molecule has 0 fully saturated rings. The van der Waals surface area contributed by atoms with E-state index in [1.165, 1.54) is 32.3 Å². The Balaban J connectivity index is 1.66. The van der Waals surface area contributed by atoms with Gasteiger partial charge in [-0.05, 0) is 41.1 Å². The van der Waals surface area contributed by atoms with Crippen molar-refractivity contribution < 1.29 is 14.5 Å². The van der Waals surface area contributed by atoms with Gasteiger partial charge in [-0.15, -0.1) is 0 Å². The number of carbonyl (C=O) groups is 1. The molecule has 4 heteroatoms. The second kappa shape index (κ2) is 6.36. The monoisotopic (exact) mass is 335 g/mol. The first-order valence-corrected chi connectivity index (χ1v) is 8.93. The third-order valence-corrected chi connectivity index (χ3v) is 5.04. The zero-order chi connectivity index (χ0) is 17.4. The molecule has 0 aliphatic carbocycles. The van der Waals surface area contributed by atoms with Crippen LogP contribution in [-0.2, 0) is 17.9 Å². The lowest BCUT2D eigenvalue weighted by atomic mass is 9.95. The number of unbranched alkanes of at least 4 members (excludes halogenated alkanes) is 2. The van der Waals surface area contributed by atoms with Crippen molar-refractivity contribution in [1.82, 2.24) is 4.90 Å². The Morgan fingerprint density at radius 3 is 2.60 bits per heavy atom. The average molecular weight is 335 g/mol. The molecule has 2 heterocycles. The molecule has 0 saturated carbocycles. The second-order valence-electron chi connectivity index (χ2n) is 7.05. The summed E-state index contributed by atoms with van der Waals surface area (Å²) < 4.78 is 2.25. The van der Waals surface area contributed by atoms with E-state index < -0.39 is 5.97 Å². The molecule has 1 N–H and O–H groups in total. The van der Waals surface area contributed by atoms with E-state index in [1.807, 2.05) is 0 Å². The summed E-state index contributed by atoms with van der Waals surface area (Å²) in [6, 6.07) is 8.91. The van der Waals surface area contributed by atoms with Gasteiger partial charge in [-0.3, -0.25) is 4.79 Å². The number of rotatable bonds is 6. The van der Waals surface area contributed by atoms with Crippen LogP contribution in [0.3, 0.4) is 0 Å². The Morgan fingerprint density at radius 2 is 1.84 bits per heavy atom. The van der Waals surface area contributed by atoms with Crippen LogP contribution in [0.4, 0.5) is 0 Å². The number of carboxylic acid groups (broad SMARTS) is 1. The maximum absolute atomic E-state index is 10.6. The normalized spacial score (nSPS) is 13.4. The van der Waals surface area contributed by atoms with Crippen molar-refractivity contribution in [3.05, 3.63) is 47.4 Å². The molecular formula is C21H23N2O2+. The molecule has 0 spiro atoms. The number of hydrogen-bond acceptors (Lipinski definition) is 2. The van der Waals surface area contributed by atoms with Crippen LogP contribution >= 0.6 is 0 Å². The number of aryl methyl sites for hydroxylation is 1. The summed E-state index contributed by atoms with van der Waals surface area (Å²) in [6.45, 7) is 1.89. The molecule has 0 atom stereocenters. The van der Waals surface area contributed by atoms with Gasteiger partial charge in [-0.1, -0.05) is 12.1 Å². The van der Waals surface area contributed by atoms with Crippen LogP contribution in [0, 0.1) is 0 Å². The van der Waals surface area contributed by atoms with E-state index in [2.05, 4.69) is 59.4 Å². The van der Waals surface area contributed by atoms with Gasteiger partial charge in [-0.25, -0.2) is 4.57 Å². The Bertz CT molecular complexity index is 991. The van der Waals surface area contributed by atoms with Crippen LogP contribution in [-0.4, -0.2) is 23.0 Å². The third kappa shape index (κ3) is 3.04. The van der Waals surface area contributed by atoms with Crippen molar-refractivity contribution >= 4 is 33.7 Å². The molecule has 0 bridgehead atoms. The fourth-order valence-electron chi connectivity index (χ4n) is 3.93. The summed E-state index contributed by atoms with van der Waals surface area (Å²) >= 11 is 0. The molecule has 3 aromatic rings. The zero-order valence-corrected chi connectivity index (χ0v) is 14.5. The van der Waals surface area contributed by atoms with Crippen molar-refractivity contribution in [3.8, 4) is 0 Å². The summed E-state index contributed by atoms with van der Waals surface area (Å²) in [6.07, 6.45) is 9.67. The standard InChI is InChI=1S/C21H22N2O2/c1-22-11-15-6-8-17-13-23(10-4-2-3-5-19(24)25)14-18-9-7-16(12-22)20(15)21(17)18/h6-9,11,13-14H,2-5,10,12H2,1H3/p+1. The Hall–Kier alpha value is -2.62. The topological polar surface area (TPSA) is 44.4 Å². The van der Waals surface area contributed by atoms with Crippen LogP contribution < -0.4 is 9.79 Å². The van der Waals surface area contributed by atoms with Crippen molar-refractivity contribution in [2.75, 3.05) is 7.05 Å². The minimum absolute atomic E-state index is 0.270. The number of pyridine rings is 1. The number of benzene rings is 2. The van der Waals surface area contributed by atoms with Crippen LogP contribution in [0.25, 0.3) is 27.7 Å². The summed E-state index contributed by atoms with van der Waals surface area (Å²) in [4.78, 5) is 12.8. The minimum atomic E-state index is -0.702. The molecule has 128 valence electrons. The predicted octanol–water partition coefficient (Wildman–Crippen LogP) is 2.83. The van der Waals surface area contributed by atoms with Gasteiger partial charge in [0, 0.05) is 48.8 Å². The van der Waals surface area contributed by atoms with Gasteiger partial charge in [0.25, 0.3) is 0 Å². The van der Waals surface area contributed by atoms with E-state index in [0.717, 1.165) is 32.4 Å². The lowest BCUT2D eigenvalue weighted by Gasteiger charge is -2.21. The molecule has 2 aromatic carbocycles. The zero-order valence-electron chi connectivity index (χ0n) is 14.5. The Kier molecular flexibility index (Phi) is 4.04. The van der Waals surface area contributed by atoms with Crippen LogP contribution in [0.2, 0.25) is 0 Å². The summed E-state index contributed by atoms with van der Waals surface area (Å²) in [5, 5.41) is 15.3. The molecule has 4 nitrogen and oxygen atoms in total. The first-order valence-electron chi connectivity index (χ1n) is 8.93. The van der Waals surface area contributed by atoms with Crippen LogP contribution in [0.5, 0.6) is 0 Å². The van der Waals surface area contributed by atoms with Gasteiger partial charge < -0.3 is 10.0 Å². The second-order valence-corrected chi connectivity index (χ2v) is 7.05. The first kappa shape index (κ1) is 15.9. The predicted molar refractivity (Wildman–Crippen MR) is 98.9 cm³/mol. The highest BCUT2D eigenvalue weighted by molar-refractivity contribution is 6.10. The molecule has 4 rings (SSSR count). The maximum atomic E-state index is 10.6. The van der Waals surface area contributed by atoms with Gasteiger partial charge >= 0.3 is 5.97 Å². The van der Waals surface area contributed by atoms with Gasteiger partial charge in [-0.2, -0.15) is 0 Å². The van der Waals surface area contributed by atoms with E-state index in [9.17, 15) is 4.79 Å². The third-order valence-electron chi connectivity index (χ3n) is 5.04. The molecule has 1 aliphatic rings. The van der Waals surface area contributed by atoms with E-state index >= 15 is 0 Å². The van der Waals surface area contributed by atoms with E-state index in [0.29, 0.717) is 0 Å². The van der Waals surface area contributed by atoms with Gasteiger partial charge in [0.15, 0.2) is 12.4 Å². The number of aromatic nitrogens is 1. The molecule has 0 amide bonds. The highest BCUT2D eigenvalue weighted by Gasteiger charge is 2.16. The van der Waals surface area contributed by atoms with Gasteiger partial charge in [0.1, 0.15) is 6.54 Å². The lowest BCUT2D eigenvalue weighted by molar-refractivity contribution is -0.695. The Morgan fingerprint density at radius 1 is 1.08 bits per heavy atom. The van der Waals surface area contributed by atoms with E-state index in [-0.39, 0.29) is 6.42 Å². The highest BCUT2D eigenvalue weighted by atomic mass is 16.4. The molecule has 25 heavy (non-hydrogen) atoms. The molecule has 0 radical (unpaired) electrons. The highest BCUT2D eigenvalue weighted by Crippen LogP contribution is 2.28. The molecular weight excluding hydrogens is 312 g/mol. The fraction of sp³-hybridized carbons (Fsp3) is 0.333. The minimum Gasteiger partial charge on any atom is -0.481 e. The maximum Gasteiger partial charge on any atom is 0.303 e. The molecule has 0 unspecified atom stereocenters. The van der Waals surface area contributed by atoms with Crippen molar-refractivity contribution in [1.29, 1.82) is 0 Å². The van der Waals surface area contributed by atoms with Gasteiger partial charge in [0.05, 0.1) is 0 Å². The number of nitrogens with zero attached hydrogens (tertiary/aromatic N) is 2. The fourth-order valence-corrected chi connectivity index (χ4v) is 3.93. The largest absolute Gasteiger partial charge is 0.481 e. The number of carboxylic acids is 1. The van der Waals surface area contributed by atoms with E-state index in [1.54, 1.807) is 0 Å². The number of aliphatic carboxylic acids is 1. The Labute approximate surface area is 147 Å². The molecule has 0 saturated heterocycles. The van der Waals surface area contributed by atoms with Crippen LogP contribution in [0.15, 0.2) is 36.7 Å². The van der Waals surface area contributed by atoms with Crippen molar-refractivity contribution in [2.45, 2.75) is 38.8 Å². The van der Waals surface area contributed by atoms with Crippen LogP contribution in [0.1, 0.15) is 31.2 Å². The smallest absolute Gasteiger partial charge is 0.303 e. The first-order chi connectivity index (χ1) is 12.1. The summed E-state index contributed by atoms with van der Waals surface area (Å²) in [7, 11) is 2.12. The summed E-state index contributed by atoms with van der Waals surface area (Å²) in [5.74, 6) is -0.702. The molecule has 1 aliphatic heterocycles. The lowest BCUT2D eigenvalue weighted by Crippen LogP contribution is -2.33. The average Bonchev–Trinajstić information content (AvgIpc) is 2.58. The SMILES string of the molecule is CN1C=c2ccc3c[n+](CCCCCC(=O)O)cc4ccc(c2c43)C1. The van der Waals surface area contributed by atoms with E-state index in [4.69, 9.17) is 5.11 Å². The number of hydrogen-bond donors (Lipinski definition) is 1. The van der Waals surface area contributed by atoms with Crippen molar-refractivity contribution in [2.24, 2.45) is 0 Å². The summed E-state index contributed by atoms with van der Waals surface area (Å²) in [5.41, 5.74) is 1.39. The van der Waals surface area contributed by atoms with Gasteiger partial charge in [0.2, 0.25) is 0 Å². The van der Waals surface area contributed by atoms with Crippen molar-refractivity contribution in [3.63, 3.8) is 0 Å². The quantitative estimate of drug-likeness (QED) is 0.556.